The van der Waals surface area contributed by atoms with Gasteiger partial charge in [-0.3, -0.25) is 4.98 Å². The average molecular weight is 320 g/mol. The smallest absolute Gasteiger partial charge is 0.152 e. The van der Waals surface area contributed by atoms with Gasteiger partial charge in [-0.15, -0.1) is 4.72 Å². The monoisotopic (exact) mass is 320 g/mol. The van der Waals surface area contributed by atoms with Gasteiger partial charge in [0.1, 0.15) is 16.3 Å². The molecular formula is C17H24N2O2S. The first-order valence-electron chi connectivity index (χ1n) is 7.36. The largest absolute Gasteiger partial charge is 0.598 e. The Kier molecular flexibility index (Phi) is 5.00. The van der Waals surface area contributed by atoms with Gasteiger partial charge in [-0.25, -0.2) is 0 Å². The Labute approximate surface area is 135 Å². The summed E-state index contributed by atoms with van der Waals surface area (Å²) in [6.45, 7) is 11.7. The molecule has 0 aromatic carbocycles. The van der Waals surface area contributed by atoms with E-state index in [1.54, 1.807) is 0 Å². The maximum atomic E-state index is 12.5. The van der Waals surface area contributed by atoms with Gasteiger partial charge in [0.05, 0.1) is 5.69 Å². The lowest BCUT2D eigenvalue weighted by molar-refractivity contribution is 0.443. The molecule has 2 atom stereocenters. The minimum atomic E-state index is -1.22. The standard InChI is InChI=1S/C17H24N2O2S/c1-11-9-12(2)15(18-10-11)16(14-8-7-13(3)21-14)19-22(20)17(4,5)6/h7-10,16,19H,1-6H3. The fraction of sp³-hybridized carbons (Fsp3) is 0.471. The van der Waals surface area contributed by atoms with Crippen LogP contribution in [0.25, 0.3) is 0 Å². The third-order valence-corrected chi connectivity index (χ3v) is 4.92. The van der Waals surface area contributed by atoms with Gasteiger partial charge in [0.2, 0.25) is 0 Å². The van der Waals surface area contributed by atoms with E-state index in [0.29, 0.717) is 0 Å². The van der Waals surface area contributed by atoms with Gasteiger partial charge in [0, 0.05) is 17.6 Å². The highest BCUT2D eigenvalue weighted by atomic mass is 32.2. The predicted molar refractivity (Wildman–Crippen MR) is 90.0 cm³/mol. The van der Waals surface area contributed by atoms with Crippen molar-refractivity contribution in [2.75, 3.05) is 0 Å². The van der Waals surface area contributed by atoms with Crippen LogP contribution in [0, 0.1) is 20.8 Å². The summed E-state index contributed by atoms with van der Waals surface area (Å²) >= 11 is -1.22. The van der Waals surface area contributed by atoms with Gasteiger partial charge in [-0.2, -0.15) is 0 Å². The lowest BCUT2D eigenvalue weighted by atomic mass is 10.1. The first-order chi connectivity index (χ1) is 10.2. The fourth-order valence-electron chi connectivity index (χ4n) is 2.17. The quantitative estimate of drug-likeness (QED) is 0.872. The highest BCUT2D eigenvalue weighted by Gasteiger charge is 2.33. The van der Waals surface area contributed by atoms with Gasteiger partial charge < -0.3 is 8.97 Å². The van der Waals surface area contributed by atoms with Crippen LogP contribution < -0.4 is 4.72 Å². The molecule has 5 heteroatoms. The second-order valence-electron chi connectivity index (χ2n) is 6.60. The van der Waals surface area contributed by atoms with Gasteiger partial charge in [0.15, 0.2) is 6.04 Å². The zero-order valence-corrected chi connectivity index (χ0v) is 14.9. The number of hydrogen-bond acceptors (Lipinski definition) is 4. The number of hydrogen-bond donors (Lipinski definition) is 1. The van der Waals surface area contributed by atoms with E-state index < -0.39 is 11.4 Å². The highest BCUT2D eigenvalue weighted by molar-refractivity contribution is 7.90. The highest BCUT2D eigenvalue weighted by Crippen LogP contribution is 2.28. The topological polar surface area (TPSA) is 61.1 Å². The molecule has 0 bridgehead atoms. The van der Waals surface area contributed by atoms with Crippen molar-refractivity contribution in [3.05, 3.63) is 52.7 Å². The van der Waals surface area contributed by atoms with E-state index in [2.05, 4.69) is 15.8 Å². The summed E-state index contributed by atoms with van der Waals surface area (Å²) in [7, 11) is 0. The molecule has 2 unspecified atom stereocenters. The molecule has 0 saturated heterocycles. The molecule has 2 heterocycles. The third kappa shape index (κ3) is 3.91. The van der Waals surface area contributed by atoms with E-state index in [0.717, 1.165) is 28.3 Å². The minimum Gasteiger partial charge on any atom is -0.598 e. The van der Waals surface area contributed by atoms with Gasteiger partial charge in [-0.05, 0) is 64.8 Å². The van der Waals surface area contributed by atoms with Crippen LogP contribution in [-0.4, -0.2) is 14.3 Å². The lowest BCUT2D eigenvalue weighted by Crippen LogP contribution is -2.41. The van der Waals surface area contributed by atoms with Crippen LogP contribution in [0.2, 0.25) is 0 Å². The van der Waals surface area contributed by atoms with Gasteiger partial charge in [-0.1, -0.05) is 6.07 Å². The van der Waals surface area contributed by atoms with Crippen molar-refractivity contribution in [2.45, 2.75) is 52.3 Å². The van der Waals surface area contributed by atoms with E-state index in [9.17, 15) is 4.55 Å². The lowest BCUT2D eigenvalue weighted by Gasteiger charge is -2.27. The number of furan rings is 1. The van der Waals surface area contributed by atoms with E-state index in [1.165, 1.54) is 0 Å². The summed E-state index contributed by atoms with van der Waals surface area (Å²) in [5.74, 6) is 1.56. The molecular weight excluding hydrogens is 296 g/mol. The molecule has 2 rings (SSSR count). The predicted octanol–water partition coefficient (Wildman–Crippen LogP) is 3.74. The summed E-state index contributed by atoms with van der Waals surface area (Å²) in [5.41, 5.74) is 3.00. The molecule has 2 aromatic rings. The fourth-order valence-corrected chi connectivity index (χ4v) is 2.96. The maximum absolute atomic E-state index is 12.5. The maximum Gasteiger partial charge on any atom is 0.152 e. The summed E-state index contributed by atoms with van der Waals surface area (Å²) < 4.78 is 21.1. The van der Waals surface area contributed by atoms with Crippen molar-refractivity contribution < 1.29 is 8.97 Å². The Morgan fingerprint density at radius 2 is 1.91 bits per heavy atom. The minimum absolute atomic E-state index is 0.325. The number of pyridine rings is 1. The van der Waals surface area contributed by atoms with E-state index in [4.69, 9.17) is 4.42 Å². The summed E-state index contributed by atoms with van der Waals surface area (Å²) in [4.78, 5) is 4.54. The molecule has 0 saturated carbocycles. The molecule has 0 amide bonds. The van der Waals surface area contributed by atoms with Crippen LogP contribution >= 0.6 is 0 Å². The normalized spacial score (nSPS) is 14.9. The molecule has 120 valence electrons. The molecule has 0 radical (unpaired) electrons. The van der Waals surface area contributed by atoms with Crippen molar-refractivity contribution in [2.24, 2.45) is 0 Å². The van der Waals surface area contributed by atoms with Crippen LogP contribution in [0.5, 0.6) is 0 Å². The average Bonchev–Trinajstić information content (AvgIpc) is 2.82. The Bertz CT molecular complexity index is 646. The third-order valence-electron chi connectivity index (χ3n) is 3.36. The van der Waals surface area contributed by atoms with Crippen molar-refractivity contribution in [1.82, 2.24) is 9.71 Å². The number of nitrogens with zero attached hydrogens (tertiary/aromatic N) is 1. The summed E-state index contributed by atoms with van der Waals surface area (Å²) in [5, 5.41) is 0. The van der Waals surface area contributed by atoms with E-state index in [-0.39, 0.29) is 10.8 Å². The molecule has 0 aliphatic rings. The molecule has 22 heavy (non-hydrogen) atoms. The molecule has 0 spiro atoms. The number of aromatic nitrogens is 1. The van der Waals surface area contributed by atoms with Gasteiger partial charge >= 0.3 is 0 Å². The molecule has 2 aromatic heterocycles. The molecule has 1 N–H and O–H groups in total. The summed E-state index contributed by atoms with van der Waals surface area (Å²) in [6, 6.07) is 5.57. The van der Waals surface area contributed by atoms with Crippen LogP contribution in [0.15, 0.2) is 28.8 Å². The first-order valence-corrected chi connectivity index (χ1v) is 8.51. The zero-order chi connectivity index (χ0) is 16.5. The van der Waals surface area contributed by atoms with Crippen LogP contribution in [0.1, 0.15) is 55.2 Å². The summed E-state index contributed by atoms with van der Waals surface area (Å²) in [6.07, 6.45) is 1.83. The Morgan fingerprint density at radius 1 is 1.23 bits per heavy atom. The molecule has 0 fully saturated rings. The molecule has 0 aliphatic carbocycles. The van der Waals surface area contributed by atoms with Crippen molar-refractivity contribution >= 4 is 11.4 Å². The second-order valence-corrected chi connectivity index (χ2v) is 8.59. The Morgan fingerprint density at radius 3 is 2.41 bits per heavy atom. The van der Waals surface area contributed by atoms with Crippen molar-refractivity contribution in [3.8, 4) is 0 Å². The number of aryl methyl sites for hydroxylation is 3. The Balaban J connectivity index is 2.41. The van der Waals surface area contributed by atoms with E-state index >= 15 is 0 Å². The van der Waals surface area contributed by atoms with Crippen LogP contribution in [0.4, 0.5) is 0 Å². The number of nitrogens with one attached hydrogen (secondary N) is 1. The van der Waals surface area contributed by atoms with Crippen molar-refractivity contribution in [3.63, 3.8) is 0 Å². The van der Waals surface area contributed by atoms with Crippen LogP contribution in [0.3, 0.4) is 0 Å². The second kappa shape index (κ2) is 6.44. The first kappa shape index (κ1) is 17.1. The number of rotatable bonds is 4. The molecule has 4 nitrogen and oxygen atoms in total. The SMILES string of the molecule is Cc1cnc(C(N[S+]([O-])C(C)(C)C)c2ccc(C)o2)c(C)c1. The van der Waals surface area contributed by atoms with Gasteiger partial charge in [0.25, 0.3) is 0 Å². The van der Waals surface area contributed by atoms with E-state index in [1.807, 2.05) is 59.9 Å². The zero-order valence-electron chi connectivity index (χ0n) is 14.1. The van der Waals surface area contributed by atoms with Crippen molar-refractivity contribution in [1.29, 1.82) is 0 Å². The Hall–Kier alpha value is -1.30. The van der Waals surface area contributed by atoms with Crippen LogP contribution in [-0.2, 0) is 11.4 Å². The molecule has 0 aliphatic heterocycles.